The summed E-state index contributed by atoms with van der Waals surface area (Å²) in [6.07, 6.45) is 60.4. The van der Waals surface area contributed by atoms with Crippen LogP contribution in [0, 0.1) is 0 Å². The third-order valence-electron chi connectivity index (χ3n) is 10.4. The van der Waals surface area contributed by atoms with E-state index >= 15 is 0 Å². The van der Waals surface area contributed by atoms with E-state index < -0.39 is 6.10 Å². The monoisotopic (exact) mass is 837 g/mol. The van der Waals surface area contributed by atoms with Crippen molar-refractivity contribution in [1.29, 1.82) is 0 Å². The van der Waals surface area contributed by atoms with Crippen molar-refractivity contribution < 1.29 is 28.6 Å². The number of carbonyl (C=O) groups is 3. The highest BCUT2D eigenvalue weighted by Crippen LogP contribution is 2.14. The molecule has 60 heavy (non-hydrogen) atoms. The van der Waals surface area contributed by atoms with Gasteiger partial charge in [-0.25, -0.2) is 0 Å². The average molecular weight is 837 g/mol. The molecule has 0 saturated carbocycles. The van der Waals surface area contributed by atoms with E-state index in [0.29, 0.717) is 19.3 Å². The van der Waals surface area contributed by atoms with Crippen LogP contribution in [0.15, 0.2) is 72.9 Å². The van der Waals surface area contributed by atoms with Crippen molar-refractivity contribution >= 4 is 17.9 Å². The molecule has 0 aromatic heterocycles. The van der Waals surface area contributed by atoms with Gasteiger partial charge < -0.3 is 14.2 Å². The van der Waals surface area contributed by atoms with Crippen molar-refractivity contribution in [3.63, 3.8) is 0 Å². The fourth-order valence-electron chi connectivity index (χ4n) is 6.71. The Morgan fingerprint density at radius 2 is 0.667 bits per heavy atom. The van der Waals surface area contributed by atoms with Gasteiger partial charge in [0, 0.05) is 19.3 Å². The van der Waals surface area contributed by atoms with Crippen molar-refractivity contribution in [2.45, 2.75) is 239 Å². The van der Waals surface area contributed by atoms with Crippen LogP contribution < -0.4 is 0 Å². The molecular formula is C54H92O6. The summed E-state index contributed by atoms with van der Waals surface area (Å²) in [4.78, 5) is 37.8. The summed E-state index contributed by atoms with van der Waals surface area (Å²) in [7, 11) is 0. The summed E-state index contributed by atoms with van der Waals surface area (Å²) in [5.74, 6) is -0.998. The first-order valence-corrected chi connectivity index (χ1v) is 24.9. The largest absolute Gasteiger partial charge is 0.462 e. The zero-order valence-corrected chi connectivity index (χ0v) is 39.2. The Labute approximate surface area is 370 Å². The Balaban J connectivity index is 4.49. The smallest absolute Gasteiger partial charge is 0.306 e. The van der Waals surface area contributed by atoms with Gasteiger partial charge in [-0.2, -0.15) is 0 Å². The van der Waals surface area contributed by atoms with Crippen molar-refractivity contribution in [2.24, 2.45) is 0 Å². The van der Waals surface area contributed by atoms with Crippen LogP contribution in [-0.4, -0.2) is 37.2 Å². The maximum absolute atomic E-state index is 12.8. The SMILES string of the molecule is CC/C=C\C/C=C\C/C=C\CCCCC(=O)OCC(COC(=O)CCC/C=C\C/C=C\C/C=C\CCCCCCCC)OC(=O)CCCCCCCCCCCCCCC. The Bertz CT molecular complexity index is 1140. The van der Waals surface area contributed by atoms with Crippen LogP contribution in [0.25, 0.3) is 0 Å². The number of esters is 3. The van der Waals surface area contributed by atoms with E-state index in [1.54, 1.807) is 0 Å². The molecule has 0 bridgehead atoms. The molecule has 0 saturated heterocycles. The molecule has 0 heterocycles. The van der Waals surface area contributed by atoms with Gasteiger partial charge in [0.15, 0.2) is 6.10 Å². The molecule has 0 aromatic carbocycles. The highest BCUT2D eigenvalue weighted by Gasteiger charge is 2.19. The van der Waals surface area contributed by atoms with Crippen LogP contribution in [0.5, 0.6) is 0 Å². The van der Waals surface area contributed by atoms with Crippen LogP contribution in [0.2, 0.25) is 0 Å². The van der Waals surface area contributed by atoms with Crippen molar-refractivity contribution in [2.75, 3.05) is 13.2 Å². The van der Waals surface area contributed by atoms with Gasteiger partial charge in [0.1, 0.15) is 13.2 Å². The molecule has 344 valence electrons. The minimum Gasteiger partial charge on any atom is -0.462 e. The van der Waals surface area contributed by atoms with E-state index in [4.69, 9.17) is 14.2 Å². The second-order valence-electron chi connectivity index (χ2n) is 16.3. The third kappa shape index (κ3) is 45.9. The Kier molecular flexibility index (Phi) is 46.0. The first-order valence-electron chi connectivity index (χ1n) is 24.9. The Hall–Kier alpha value is -3.15. The van der Waals surface area contributed by atoms with Crippen LogP contribution in [-0.2, 0) is 28.6 Å². The van der Waals surface area contributed by atoms with E-state index in [1.807, 2.05) is 0 Å². The summed E-state index contributed by atoms with van der Waals surface area (Å²) in [6, 6.07) is 0. The quantitative estimate of drug-likeness (QED) is 0.0263. The van der Waals surface area contributed by atoms with Gasteiger partial charge in [-0.3, -0.25) is 14.4 Å². The zero-order valence-electron chi connectivity index (χ0n) is 39.2. The molecule has 0 rings (SSSR count). The molecule has 0 aromatic rings. The summed E-state index contributed by atoms with van der Waals surface area (Å²) in [5, 5.41) is 0. The summed E-state index contributed by atoms with van der Waals surface area (Å²) < 4.78 is 16.7. The average Bonchev–Trinajstić information content (AvgIpc) is 3.24. The lowest BCUT2D eigenvalue weighted by Crippen LogP contribution is -2.30. The molecule has 1 atom stereocenters. The zero-order chi connectivity index (χ0) is 43.7. The molecule has 6 nitrogen and oxygen atoms in total. The van der Waals surface area contributed by atoms with Crippen molar-refractivity contribution in [3.8, 4) is 0 Å². The van der Waals surface area contributed by atoms with E-state index in [9.17, 15) is 14.4 Å². The number of hydrogen-bond acceptors (Lipinski definition) is 6. The molecular weight excluding hydrogens is 745 g/mol. The van der Waals surface area contributed by atoms with Gasteiger partial charge in [0.2, 0.25) is 0 Å². The van der Waals surface area contributed by atoms with Gasteiger partial charge in [-0.05, 0) is 83.5 Å². The number of ether oxygens (including phenoxy) is 3. The van der Waals surface area contributed by atoms with Crippen molar-refractivity contribution in [3.05, 3.63) is 72.9 Å². The Morgan fingerprint density at radius 1 is 0.350 bits per heavy atom. The van der Waals surface area contributed by atoms with Gasteiger partial charge in [0.05, 0.1) is 0 Å². The predicted molar refractivity (Wildman–Crippen MR) is 256 cm³/mol. The lowest BCUT2D eigenvalue weighted by molar-refractivity contribution is -0.167. The van der Waals surface area contributed by atoms with E-state index in [-0.39, 0.29) is 37.5 Å². The van der Waals surface area contributed by atoms with Crippen LogP contribution in [0.1, 0.15) is 233 Å². The van der Waals surface area contributed by atoms with Gasteiger partial charge in [0.25, 0.3) is 0 Å². The van der Waals surface area contributed by atoms with Crippen LogP contribution >= 0.6 is 0 Å². The molecule has 1 unspecified atom stereocenters. The third-order valence-corrected chi connectivity index (χ3v) is 10.4. The van der Waals surface area contributed by atoms with Gasteiger partial charge >= 0.3 is 17.9 Å². The molecule has 0 aliphatic carbocycles. The van der Waals surface area contributed by atoms with E-state index in [1.165, 1.54) is 109 Å². The van der Waals surface area contributed by atoms with Crippen LogP contribution in [0.3, 0.4) is 0 Å². The molecule has 0 amide bonds. The molecule has 0 N–H and O–H groups in total. The fourth-order valence-corrected chi connectivity index (χ4v) is 6.71. The normalized spacial score (nSPS) is 12.7. The molecule has 0 aliphatic rings. The molecule has 0 aliphatic heterocycles. The Morgan fingerprint density at radius 3 is 1.12 bits per heavy atom. The number of unbranched alkanes of at least 4 members (excludes halogenated alkanes) is 21. The van der Waals surface area contributed by atoms with Gasteiger partial charge in [-0.15, -0.1) is 0 Å². The standard InChI is InChI=1S/C54H92O6/c1-4-7-10-13-16-19-22-25-26-27-28-30-32-35-38-41-44-47-53(56)59-50-51(49-58-52(55)46-43-40-37-34-31-24-21-18-15-12-9-6-3)60-54(57)48-45-42-39-36-33-29-23-20-17-14-11-8-5-2/h9,12,18,21,25-26,28,30-31,34-35,38,51H,4-8,10-11,13-17,19-20,22-24,27,29,32-33,36-37,39-50H2,1-3H3/b12-9-,21-18-,26-25-,30-28-,34-31-,38-35-. The van der Waals surface area contributed by atoms with Crippen LogP contribution in [0.4, 0.5) is 0 Å². The number of rotatable bonds is 44. The number of hydrogen-bond donors (Lipinski definition) is 0. The van der Waals surface area contributed by atoms with Crippen molar-refractivity contribution in [1.82, 2.24) is 0 Å². The minimum atomic E-state index is -0.807. The molecule has 0 radical (unpaired) electrons. The highest BCUT2D eigenvalue weighted by molar-refractivity contribution is 5.71. The van der Waals surface area contributed by atoms with E-state index in [2.05, 4.69) is 93.7 Å². The van der Waals surface area contributed by atoms with E-state index in [0.717, 1.165) is 77.0 Å². The lowest BCUT2D eigenvalue weighted by atomic mass is 10.0. The molecule has 0 fully saturated rings. The number of allylic oxidation sites excluding steroid dienone is 12. The minimum absolute atomic E-state index is 0.110. The highest BCUT2D eigenvalue weighted by atomic mass is 16.6. The second-order valence-corrected chi connectivity index (χ2v) is 16.3. The summed E-state index contributed by atoms with van der Waals surface area (Å²) >= 11 is 0. The second kappa shape index (κ2) is 48.5. The number of carbonyl (C=O) groups excluding carboxylic acids is 3. The fraction of sp³-hybridized carbons (Fsp3) is 0.722. The topological polar surface area (TPSA) is 78.9 Å². The first-order chi connectivity index (χ1) is 29.5. The summed E-state index contributed by atoms with van der Waals surface area (Å²) in [5.41, 5.74) is 0. The first kappa shape index (κ1) is 56.9. The molecule has 0 spiro atoms. The van der Waals surface area contributed by atoms with Gasteiger partial charge in [-0.1, -0.05) is 203 Å². The molecule has 6 heteroatoms. The predicted octanol–water partition coefficient (Wildman–Crippen LogP) is 16.3. The maximum atomic E-state index is 12.8. The summed E-state index contributed by atoms with van der Waals surface area (Å²) in [6.45, 7) is 6.43. The lowest BCUT2D eigenvalue weighted by Gasteiger charge is -2.18. The maximum Gasteiger partial charge on any atom is 0.306 e.